The van der Waals surface area contributed by atoms with E-state index >= 15 is 0 Å². The second-order valence-corrected chi connectivity index (χ2v) is 8.61. The largest absolute Gasteiger partial charge is 0.466 e. The van der Waals surface area contributed by atoms with Crippen LogP contribution in [-0.2, 0) is 32.2 Å². The van der Waals surface area contributed by atoms with Crippen LogP contribution in [0.15, 0.2) is 48.5 Å². The van der Waals surface area contributed by atoms with Crippen molar-refractivity contribution in [2.75, 3.05) is 19.8 Å². The summed E-state index contributed by atoms with van der Waals surface area (Å²) >= 11 is 0. The molecule has 1 fully saturated rings. The summed E-state index contributed by atoms with van der Waals surface area (Å²) < 4.78 is 90.5. The number of rotatable bonds is 7. The molecule has 2 aromatic rings. The number of alkyl halides is 6. The Hall–Kier alpha value is -2.59. The Balaban J connectivity index is 1.84. The van der Waals surface area contributed by atoms with Crippen LogP contribution in [0.1, 0.15) is 55.0 Å². The van der Waals surface area contributed by atoms with Crippen LogP contribution < -0.4 is 5.32 Å². The minimum absolute atomic E-state index is 0.0225. The fourth-order valence-electron chi connectivity index (χ4n) is 4.18. The zero-order valence-electron chi connectivity index (χ0n) is 19.3. The zero-order chi connectivity index (χ0) is 25.9. The molecule has 4 nitrogen and oxygen atoms in total. The molecular weight excluding hydrogens is 476 g/mol. The molecule has 10 heteroatoms. The Kier molecular flexibility index (Phi) is 8.16. The van der Waals surface area contributed by atoms with Gasteiger partial charge in [0.05, 0.1) is 41.9 Å². The van der Waals surface area contributed by atoms with E-state index in [9.17, 15) is 31.1 Å². The first-order chi connectivity index (χ1) is 16.4. The summed E-state index contributed by atoms with van der Waals surface area (Å²) in [4.78, 5) is 12.1. The molecule has 1 aliphatic heterocycles. The number of esters is 1. The summed E-state index contributed by atoms with van der Waals surface area (Å²) in [5, 5.41) is 3.33. The maximum atomic E-state index is 13.3. The molecule has 1 heterocycles. The molecule has 0 aliphatic carbocycles. The molecule has 2 aromatic carbocycles. The summed E-state index contributed by atoms with van der Waals surface area (Å²) in [5.41, 5.74) is -2.93. The number of ether oxygens (including phenoxy) is 2. The Labute approximate surface area is 199 Å². The van der Waals surface area contributed by atoms with Gasteiger partial charge in [0.1, 0.15) is 0 Å². The molecule has 1 N–H and O–H groups in total. The lowest BCUT2D eigenvalue weighted by Gasteiger charge is -2.41. The molecule has 3 rings (SSSR count). The van der Waals surface area contributed by atoms with Crippen LogP contribution in [-0.4, -0.2) is 25.7 Å². The van der Waals surface area contributed by atoms with E-state index < -0.39 is 35.1 Å². The average Bonchev–Trinajstić information content (AvgIpc) is 2.82. The maximum Gasteiger partial charge on any atom is 0.416 e. The third kappa shape index (κ3) is 6.55. The number of piperidine rings is 1. The summed E-state index contributed by atoms with van der Waals surface area (Å²) in [7, 11) is 0. The van der Waals surface area contributed by atoms with Crippen LogP contribution in [0.25, 0.3) is 0 Å². The number of hydrogen-bond donors (Lipinski definition) is 1. The van der Waals surface area contributed by atoms with Crippen LogP contribution in [0.5, 0.6) is 0 Å². The minimum atomic E-state index is -4.94. The van der Waals surface area contributed by atoms with Crippen LogP contribution in [0.4, 0.5) is 26.3 Å². The van der Waals surface area contributed by atoms with E-state index in [0.29, 0.717) is 31.5 Å². The van der Waals surface area contributed by atoms with Crippen molar-refractivity contribution >= 4 is 5.97 Å². The molecule has 35 heavy (non-hydrogen) atoms. The summed E-state index contributed by atoms with van der Waals surface area (Å²) in [6, 6.07) is 10.6. The first kappa shape index (κ1) is 27.0. The van der Waals surface area contributed by atoms with Gasteiger partial charge in [0.15, 0.2) is 0 Å². The molecule has 1 saturated heterocycles. The van der Waals surface area contributed by atoms with Crippen molar-refractivity contribution in [3.05, 3.63) is 70.8 Å². The second kappa shape index (κ2) is 10.6. The highest BCUT2D eigenvalue weighted by atomic mass is 19.4. The first-order valence-corrected chi connectivity index (χ1v) is 11.2. The van der Waals surface area contributed by atoms with Crippen LogP contribution in [0.3, 0.4) is 0 Å². The molecule has 0 saturated carbocycles. The fourth-order valence-corrected chi connectivity index (χ4v) is 4.18. The van der Waals surface area contributed by atoms with Gasteiger partial charge in [0, 0.05) is 6.54 Å². The SMILES string of the molecule is CCOC(=O)C1CCC(CO[C@H](C)c2cc(C(F)(F)F)cc(C(F)(F)F)c2)(c2ccccc2)NC1. The normalized spacial score (nSPS) is 22.0. The van der Waals surface area contributed by atoms with Crippen LogP contribution in [0, 0.1) is 5.92 Å². The molecule has 0 spiro atoms. The van der Waals surface area contributed by atoms with E-state index in [1.54, 1.807) is 6.92 Å². The van der Waals surface area contributed by atoms with Crippen molar-refractivity contribution in [3.63, 3.8) is 0 Å². The van der Waals surface area contributed by atoms with E-state index in [2.05, 4.69) is 5.32 Å². The molecule has 3 atom stereocenters. The predicted molar refractivity (Wildman–Crippen MR) is 116 cm³/mol. The van der Waals surface area contributed by atoms with E-state index in [1.165, 1.54) is 6.92 Å². The van der Waals surface area contributed by atoms with Gasteiger partial charge in [0.2, 0.25) is 0 Å². The van der Waals surface area contributed by atoms with Gasteiger partial charge in [-0.05, 0) is 56.0 Å². The predicted octanol–water partition coefficient (Wildman–Crippen LogP) is 6.26. The van der Waals surface area contributed by atoms with Crippen molar-refractivity contribution in [2.24, 2.45) is 5.92 Å². The summed E-state index contributed by atoms with van der Waals surface area (Å²) in [5.74, 6) is -0.679. The lowest BCUT2D eigenvalue weighted by molar-refractivity contribution is -0.150. The Morgan fingerprint density at radius 1 is 1.06 bits per heavy atom. The number of hydrogen-bond acceptors (Lipinski definition) is 4. The zero-order valence-corrected chi connectivity index (χ0v) is 19.3. The van der Waals surface area contributed by atoms with Gasteiger partial charge in [0.25, 0.3) is 0 Å². The summed E-state index contributed by atoms with van der Waals surface area (Å²) in [6.45, 7) is 3.67. The van der Waals surface area contributed by atoms with Gasteiger partial charge >= 0.3 is 18.3 Å². The molecular formula is C25H27F6NO3. The molecule has 0 amide bonds. The highest BCUT2D eigenvalue weighted by Gasteiger charge is 2.41. The Bertz CT molecular complexity index is 966. The number of carbonyl (C=O) groups excluding carboxylic acids is 1. The van der Waals surface area contributed by atoms with E-state index in [0.717, 1.165) is 5.56 Å². The fraction of sp³-hybridized carbons (Fsp3) is 0.480. The van der Waals surface area contributed by atoms with Gasteiger partial charge < -0.3 is 14.8 Å². The van der Waals surface area contributed by atoms with Gasteiger partial charge in [-0.1, -0.05) is 30.3 Å². The van der Waals surface area contributed by atoms with Crippen LogP contribution >= 0.6 is 0 Å². The number of carbonyl (C=O) groups is 1. The van der Waals surface area contributed by atoms with Crippen molar-refractivity contribution in [3.8, 4) is 0 Å². The lowest BCUT2D eigenvalue weighted by Crippen LogP contribution is -2.53. The third-order valence-electron chi connectivity index (χ3n) is 6.21. The minimum Gasteiger partial charge on any atom is -0.466 e. The van der Waals surface area contributed by atoms with Crippen molar-refractivity contribution in [1.29, 1.82) is 0 Å². The molecule has 2 unspecified atom stereocenters. The van der Waals surface area contributed by atoms with Gasteiger partial charge in [-0.15, -0.1) is 0 Å². The molecule has 0 radical (unpaired) electrons. The average molecular weight is 503 g/mol. The van der Waals surface area contributed by atoms with Crippen molar-refractivity contribution in [1.82, 2.24) is 5.32 Å². The van der Waals surface area contributed by atoms with E-state index in [-0.39, 0.29) is 36.7 Å². The highest BCUT2D eigenvalue weighted by Crippen LogP contribution is 2.39. The van der Waals surface area contributed by atoms with Gasteiger partial charge in [-0.3, -0.25) is 4.79 Å². The van der Waals surface area contributed by atoms with Crippen molar-refractivity contribution in [2.45, 2.75) is 50.7 Å². The molecule has 0 aromatic heterocycles. The first-order valence-electron chi connectivity index (χ1n) is 11.2. The van der Waals surface area contributed by atoms with Gasteiger partial charge in [-0.25, -0.2) is 0 Å². The number of nitrogens with one attached hydrogen (secondary N) is 1. The van der Waals surface area contributed by atoms with Crippen molar-refractivity contribution < 1.29 is 40.6 Å². The Morgan fingerprint density at radius 2 is 1.66 bits per heavy atom. The molecule has 1 aliphatic rings. The highest BCUT2D eigenvalue weighted by molar-refractivity contribution is 5.72. The van der Waals surface area contributed by atoms with Crippen LogP contribution in [0.2, 0.25) is 0 Å². The number of halogens is 6. The maximum absolute atomic E-state index is 13.3. The standard InChI is InChI=1S/C25H27F6NO3/c1-3-34-22(33)17-9-10-23(32-14-17,19-7-5-4-6-8-19)15-35-16(2)18-11-20(24(26,27)28)13-21(12-18)25(29,30)31/h4-8,11-13,16-17,32H,3,9-10,14-15H2,1-2H3/t16-,17?,23?/m1/s1. The van der Waals surface area contributed by atoms with E-state index in [1.807, 2.05) is 30.3 Å². The number of benzene rings is 2. The second-order valence-electron chi connectivity index (χ2n) is 8.61. The molecule has 192 valence electrons. The third-order valence-corrected chi connectivity index (χ3v) is 6.21. The quantitative estimate of drug-likeness (QED) is 0.358. The summed E-state index contributed by atoms with van der Waals surface area (Å²) in [6.07, 6.45) is -9.98. The van der Waals surface area contributed by atoms with E-state index in [4.69, 9.17) is 9.47 Å². The van der Waals surface area contributed by atoms with Gasteiger partial charge in [-0.2, -0.15) is 26.3 Å². The lowest BCUT2D eigenvalue weighted by atomic mass is 9.79. The molecule has 0 bridgehead atoms. The monoisotopic (exact) mass is 503 g/mol. The smallest absolute Gasteiger partial charge is 0.416 e. The Morgan fingerprint density at radius 3 is 2.14 bits per heavy atom. The topological polar surface area (TPSA) is 47.6 Å².